The Hall–Kier alpha value is -0.980. The fourth-order valence-corrected chi connectivity index (χ4v) is 3.36. The number of aromatic nitrogens is 2. The summed E-state index contributed by atoms with van der Waals surface area (Å²) in [7, 11) is 0. The summed E-state index contributed by atoms with van der Waals surface area (Å²) in [6.45, 7) is 0.490. The Morgan fingerprint density at radius 1 is 1.50 bits per heavy atom. The van der Waals surface area contributed by atoms with E-state index in [0.717, 1.165) is 15.8 Å². The summed E-state index contributed by atoms with van der Waals surface area (Å²) in [4.78, 5) is 12.7. The smallest absolute Gasteiger partial charge is 0.230 e. The summed E-state index contributed by atoms with van der Waals surface area (Å²) in [5.74, 6) is 1.29. The van der Waals surface area contributed by atoms with E-state index < -0.39 is 0 Å². The van der Waals surface area contributed by atoms with Gasteiger partial charge in [0.25, 0.3) is 0 Å². The number of hydrogen-bond acceptors (Lipinski definition) is 4. The number of hydrogen-bond donors (Lipinski definition) is 2. The molecular formula is C11H12ClN3OS2. The van der Waals surface area contributed by atoms with Gasteiger partial charge < -0.3 is 5.32 Å². The minimum Gasteiger partial charge on any atom is -0.350 e. The lowest BCUT2D eigenvalue weighted by molar-refractivity contribution is -0.118. The lowest BCUT2D eigenvalue weighted by atomic mass is 10.4. The van der Waals surface area contributed by atoms with Crippen molar-refractivity contribution in [2.24, 2.45) is 0 Å². The van der Waals surface area contributed by atoms with Crippen molar-refractivity contribution >= 4 is 40.6 Å². The minimum atomic E-state index is 0.0252. The normalized spacial score (nSPS) is 10.5. The summed E-state index contributed by atoms with van der Waals surface area (Å²) >= 11 is 8.96. The lowest BCUT2D eigenvalue weighted by Crippen LogP contribution is -2.24. The molecule has 2 rings (SSSR count). The highest BCUT2D eigenvalue weighted by molar-refractivity contribution is 7.99. The zero-order valence-electron chi connectivity index (χ0n) is 9.48. The van der Waals surface area contributed by atoms with E-state index >= 15 is 0 Å². The molecule has 0 aliphatic carbocycles. The first-order chi connectivity index (χ1) is 8.74. The summed E-state index contributed by atoms with van der Waals surface area (Å²) in [6.07, 6.45) is 1.66. The largest absolute Gasteiger partial charge is 0.350 e. The number of carbonyl (C=O) groups excluding carboxylic acids is 1. The van der Waals surface area contributed by atoms with Crippen LogP contribution in [0.4, 0.5) is 0 Å². The molecule has 7 heteroatoms. The van der Waals surface area contributed by atoms with Gasteiger partial charge in [0.1, 0.15) is 0 Å². The quantitative estimate of drug-likeness (QED) is 0.862. The van der Waals surface area contributed by atoms with Gasteiger partial charge in [-0.15, -0.1) is 23.1 Å². The van der Waals surface area contributed by atoms with Gasteiger partial charge in [0.15, 0.2) is 0 Å². The first-order valence-corrected chi connectivity index (χ1v) is 7.66. The number of nitrogens with zero attached hydrogens (tertiary/aromatic N) is 1. The van der Waals surface area contributed by atoms with Crippen molar-refractivity contribution in [3.8, 4) is 0 Å². The van der Waals surface area contributed by atoms with Crippen LogP contribution in [0.15, 0.2) is 24.4 Å². The van der Waals surface area contributed by atoms with Crippen molar-refractivity contribution < 1.29 is 4.79 Å². The van der Waals surface area contributed by atoms with Crippen molar-refractivity contribution in [3.63, 3.8) is 0 Å². The minimum absolute atomic E-state index is 0.0252. The van der Waals surface area contributed by atoms with Crippen LogP contribution in [0, 0.1) is 0 Å². The topological polar surface area (TPSA) is 57.8 Å². The monoisotopic (exact) mass is 301 g/mol. The molecule has 0 saturated carbocycles. The van der Waals surface area contributed by atoms with Crippen LogP contribution in [0.5, 0.6) is 0 Å². The molecule has 2 N–H and O–H groups in total. The number of rotatable bonds is 6. The number of thioether (sulfide) groups is 1. The van der Waals surface area contributed by atoms with Gasteiger partial charge in [0, 0.05) is 16.8 Å². The number of aromatic amines is 1. The highest BCUT2D eigenvalue weighted by Gasteiger charge is 2.04. The fraction of sp³-hybridized carbons (Fsp3) is 0.273. The average molecular weight is 302 g/mol. The van der Waals surface area contributed by atoms with Crippen LogP contribution in [0.3, 0.4) is 0 Å². The van der Waals surface area contributed by atoms with Crippen LogP contribution in [0.25, 0.3) is 0 Å². The molecule has 2 aromatic rings. The molecule has 0 aliphatic rings. The number of H-pyrrole nitrogens is 1. The summed E-state index contributed by atoms with van der Waals surface area (Å²) < 4.78 is 0.786. The van der Waals surface area contributed by atoms with E-state index in [4.69, 9.17) is 11.6 Å². The molecule has 2 heterocycles. The van der Waals surface area contributed by atoms with Crippen molar-refractivity contribution in [2.75, 3.05) is 5.75 Å². The molecule has 0 bridgehead atoms. The second kappa shape index (κ2) is 6.82. The number of amides is 1. The van der Waals surface area contributed by atoms with Crippen molar-refractivity contribution in [1.29, 1.82) is 0 Å². The van der Waals surface area contributed by atoms with E-state index in [2.05, 4.69) is 15.5 Å². The Labute approximate surface area is 118 Å². The molecule has 0 radical (unpaired) electrons. The van der Waals surface area contributed by atoms with Gasteiger partial charge >= 0.3 is 0 Å². The number of halogens is 1. The zero-order valence-corrected chi connectivity index (χ0v) is 11.9. The molecule has 0 aliphatic heterocycles. The third kappa shape index (κ3) is 4.36. The van der Waals surface area contributed by atoms with Crippen LogP contribution in [0.1, 0.15) is 10.6 Å². The van der Waals surface area contributed by atoms with Crippen molar-refractivity contribution in [1.82, 2.24) is 15.5 Å². The van der Waals surface area contributed by atoms with E-state index in [0.29, 0.717) is 12.3 Å². The van der Waals surface area contributed by atoms with Crippen LogP contribution in [0.2, 0.25) is 4.34 Å². The second-order valence-corrected chi connectivity index (χ2v) is 6.34. The Kier molecular flexibility index (Phi) is 5.10. The number of nitrogens with one attached hydrogen (secondary N) is 2. The molecule has 2 aromatic heterocycles. The Morgan fingerprint density at radius 2 is 2.39 bits per heavy atom. The molecular weight excluding hydrogens is 290 g/mol. The van der Waals surface area contributed by atoms with Gasteiger partial charge in [-0.1, -0.05) is 11.6 Å². The molecule has 4 nitrogen and oxygen atoms in total. The molecule has 0 unspecified atom stereocenters. The zero-order chi connectivity index (χ0) is 12.8. The Balaban J connectivity index is 1.63. The molecule has 0 saturated heterocycles. The Bertz CT molecular complexity index is 498. The van der Waals surface area contributed by atoms with Gasteiger partial charge in [-0.05, 0) is 18.2 Å². The van der Waals surface area contributed by atoms with Crippen LogP contribution < -0.4 is 5.32 Å². The molecule has 0 spiro atoms. The standard InChI is InChI=1S/C11H12ClN3OS2/c12-10-2-1-9(18-10)6-17-7-11(16)13-5-8-3-4-14-15-8/h1-4H,5-7H2,(H,13,16)(H,14,15). The maximum atomic E-state index is 11.5. The van der Waals surface area contributed by atoms with Crippen molar-refractivity contribution in [2.45, 2.75) is 12.3 Å². The van der Waals surface area contributed by atoms with Crippen LogP contribution >= 0.6 is 34.7 Å². The molecule has 0 fully saturated rings. The molecule has 0 atom stereocenters. The fourth-order valence-electron chi connectivity index (χ4n) is 1.30. The maximum Gasteiger partial charge on any atom is 0.230 e. The van der Waals surface area contributed by atoms with Gasteiger partial charge in [-0.25, -0.2) is 0 Å². The predicted octanol–water partition coefficient (Wildman–Crippen LogP) is 2.67. The number of thiophene rings is 1. The molecule has 96 valence electrons. The SMILES string of the molecule is O=C(CSCc1ccc(Cl)s1)NCc1ccn[nH]1. The van der Waals surface area contributed by atoms with E-state index in [1.807, 2.05) is 18.2 Å². The first-order valence-electron chi connectivity index (χ1n) is 5.31. The maximum absolute atomic E-state index is 11.5. The van der Waals surface area contributed by atoms with Gasteiger partial charge in [0.2, 0.25) is 5.91 Å². The highest BCUT2D eigenvalue weighted by Crippen LogP contribution is 2.24. The molecule has 1 amide bonds. The predicted molar refractivity (Wildman–Crippen MR) is 75.9 cm³/mol. The lowest BCUT2D eigenvalue weighted by Gasteiger charge is -2.02. The van der Waals surface area contributed by atoms with Gasteiger partial charge in [-0.3, -0.25) is 9.89 Å². The van der Waals surface area contributed by atoms with E-state index in [1.165, 1.54) is 4.88 Å². The summed E-state index contributed by atoms with van der Waals surface area (Å²) in [5, 5.41) is 9.43. The number of carbonyl (C=O) groups is 1. The molecule has 0 aromatic carbocycles. The third-order valence-electron chi connectivity index (χ3n) is 2.14. The van der Waals surface area contributed by atoms with Crippen LogP contribution in [-0.2, 0) is 17.1 Å². The Morgan fingerprint density at radius 3 is 3.06 bits per heavy atom. The van der Waals surface area contributed by atoms with Crippen molar-refractivity contribution in [3.05, 3.63) is 39.3 Å². The average Bonchev–Trinajstić information content (AvgIpc) is 2.98. The highest BCUT2D eigenvalue weighted by atomic mass is 35.5. The molecule has 18 heavy (non-hydrogen) atoms. The summed E-state index contributed by atoms with van der Waals surface area (Å²) in [5.41, 5.74) is 0.901. The van der Waals surface area contributed by atoms with Gasteiger partial charge in [0.05, 0.1) is 22.3 Å². The van der Waals surface area contributed by atoms with E-state index in [1.54, 1.807) is 29.3 Å². The van der Waals surface area contributed by atoms with Crippen LogP contribution in [-0.4, -0.2) is 21.9 Å². The second-order valence-electron chi connectivity index (χ2n) is 3.56. The summed E-state index contributed by atoms with van der Waals surface area (Å²) in [6, 6.07) is 5.70. The van der Waals surface area contributed by atoms with E-state index in [9.17, 15) is 4.79 Å². The van der Waals surface area contributed by atoms with Gasteiger partial charge in [-0.2, -0.15) is 5.10 Å². The first kappa shape index (κ1) is 13.5. The van der Waals surface area contributed by atoms with E-state index in [-0.39, 0.29) is 5.91 Å². The third-order valence-corrected chi connectivity index (χ3v) is 4.54.